The molecule has 0 atom stereocenters. The van der Waals surface area contributed by atoms with Gasteiger partial charge in [0, 0.05) is 54.8 Å². The van der Waals surface area contributed by atoms with E-state index in [1.54, 1.807) is 36.4 Å². The average Bonchev–Trinajstić information content (AvgIpc) is 2.67. The van der Waals surface area contributed by atoms with E-state index in [0.29, 0.717) is 14.7 Å². The quantitative estimate of drug-likeness (QED) is 0.255. The summed E-state index contributed by atoms with van der Waals surface area (Å²) in [7, 11) is 47.5. The molecule has 0 bridgehead atoms. The number of rotatable bonds is 6. The van der Waals surface area contributed by atoms with Crippen LogP contribution < -0.4 is 4.90 Å². The predicted molar refractivity (Wildman–Crippen MR) is 151 cm³/mol. The van der Waals surface area contributed by atoms with Crippen LogP contribution in [-0.4, -0.2) is 0 Å². The van der Waals surface area contributed by atoms with E-state index in [4.69, 9.17) is 96.1 Å². The maximum Gasteiger partial charge on any atom is 0.0462 e. The van der Waals surface area contributed by atoms with Crippen molar-refractivity contribution in [1.29, 1.82) is 0 Å². The molecule has 0 aliphatic rings. The van der Waals surface area contributed by atoms with Gasteiger partial charge in [-0.2, -0.15) is 0 Å². The number of anilines is 3. The van der Waals surface area contributed by atoms with Crippen LogP contribution in [0.3, 0.4) is 0 Å². The van der Waals surface area contributed by atoms with Crippen molar-refractivity contribution in [3.63, 3.8) is 0 Å². The second-order valence-corrected chi connectivity index (χ2v) is 26.7. The third-order valence-electron chi connectivity index (χ3n) is 4.09. The molecule has 0 saturated carbocycles. The van der Waals surface area contributed by atoms with Crippen molar-refractivity contribution in [3.05, 3.63) is 72.8 Å². The molecule has 0 saturated heterocycles. The molecular weight excluding hydrogens is 645 g/mol. The molecule has 3 aromatic rings. The highest BCUT2D eigenvalue weighted by molar-refractivity contribution is 8.79. The molecule has 170 valence electrons. The smallest absolute Gasteiger partial charge is 0.0462 e. The maximum absolute atomic E-state index is 6.07. The molecule has 0 amide bonds. The van der Waals surface area contributed by atoms with Crippen molar-refractivity contribution in [3.8, 4) is 0 Å². The first-order valence-electron chi connectivity index (χ1n) is 8.14. The van der Waals surface area contributed by atoms with Crippen LogP contribution >= 0.6 is 119 Å². The summed E-state index contributed by atoms with van der Waals surface area (Å²) in [6.45, 7) is 0. The number of benzene rings is 3. The second-order valence-electron chi connectivity index (χ2n) is 6.04. The number of halogens is 9. The minimum absolute atomic E-state index is 0.631. The Hall–Kier alpha value is 1.12. The largest absolute Gasteiger partial charge is 0.311 e. The Kier molecular flexibility index (Phi) is 8.96. The van der Waals surface area contributed by atoms with Gasteiger partial charge in [-0.15, -0.1) is 0 Å². The summed E-state index contributed by atoms with van der Waals surface area (Å²) in [5.74, 6) is 0. The number of hydrogen-bond acceptors (Lipinski definition) is 1. The number of nitrogens with zero attached hydrogens (tertiary/aromatic N) is 1. The Morgan fingerprint density at radius 3 is 0.710 bits per heavy atom. The zero-order valence-corrected chi connectivity index (χ0v) is 24.3. The van der Waals surface area contributed by atoms with Crippen LogP contribution in [0.15, 0.2) is 87.5 Å². The number of hydrogen-bond donors (Lipinski definition) is 0. The van der Waals surface area contributed by atoms with Gasteiger partial charge in [0.15, 0.2) is 0 Å². The first-order valence-corrected chi connectivity index (χ1v) is 20.5. The molecule has 1 nitrogen and oxygen atoms in total. The molecule has 3 aromatic carbocycles. The Labute approximate surface area is 226 Å². The molecule has 0 radical (unpaired) electrons. The van der Waals surface area contributed by atoms with Crippen molar-refractivity contribution in [1.82, 2.24) is 0 Å². The van der Waals surface area contributed by atoms with Gasteiger partial charge in [0.1, 0.15) is 0 Å². The van der Waals surface area contributed by atoms with E-state index in [9.17, 15) is 0 Å². The monoisotopic (exact) mass is 653 g/mol. The van der Waals surface area contributed by atoms with Crippen molar-refractivity contribution in [2.24, 2.45) is 0 Å². The zero-order chi connectivity index (χ0) is 23.0. The topological polar surface area (TPSA) is 3.24 Å². The summed E-state index contributed by atoms with van der Waals surface area (Å²) in [4.78, 5) is 3.89. The molecular formula is C18H12Cl9NS3. The standard InChI is InChI=1S/C18H12Cl9NS3/c19-29(20,21)16-7-1-13(2-8-16)28(14-3-9-17(10-4-14)30(22,23)24)15-5-11-18(12-6-15)31(25,26)27/h1-12H. The fourth-order valence-electron chi connectivity index (χ4n) is 2.70. The molecule has 0 aromatic heterocycles. The van der Waals surface area contributed by atoms with Crippen molar-refractivity contribution in [2.45, 2.75) is 14.7 Å². The molecule has 0 unspecified atom stereocenters. The molecule has 31 heavy (non-hydrogen) atoms. The Morgan fingerprint density at radius 2 is 0.548 bits per heavy atom. The van der Waals surface area contributed by atoms with Gasteiger partial charge in [-0.05, 0) is 169 Å². The lowest BCUT2D eigenvalue weighted by molar-refractivity contribution is 1.25. The molecule has 0 fully saturated rings. The van der Waals surface area contributed by atoms with Crippen LogP contribution in [-0.2, 0) is 0 Å². The first-order chi connectivity index (χ1) is 14.3. The van der Waals surface area contributed by atoms with Gasteiger partial charge >= 0.3 is 0 Å². The fourth-order valence-corrected chi connectivity index (χ4v) is 6.81. The Morgan fingerprint density at radius 1 is 0.355 bits per heavy atom. The van der Waals surface area contributed by atoms with Crippen LogP contribution in [0.1, 0.15) is 0 Å². The molecule has 13 heteroatoms. The molecule has 0 aliphatic carbocycles. The van der Waals surface area contributed by atoms with Crippen LogP contribution in [0.4, 0.5) is 17.1 Å². The van der Waals surface area contributed by atoms with E-state index in [-0.39, 0.29) is 0 Å². The fraction of sp³-hybridized carbons (Fsp3) is 0. The summed E-state index contributed by atoms with van der Waals surface area (Å²) in [6.07, 6.45) is 0. The van der Waals surface area contributed by atoms with E-state index in [0.717, 1.165) is 17.1 Å². The highest BCUT2D eigenvalue weighted by Gasteiger charge is 2.22. The van der Waals surface area contributed by atoms with E-state index >= 15 is 0 Å². The summed E-state index contributed by atoms with van der Waals surface area (Å²) in [6, 6.07) is 21.9. The summed E-state index contributed by atoms with van der Waals surface area (Å²) < 4.78 is 0. The minimum atomic E-state index is -2.40. The molecule has 0 aliphatic heterocycles. The van der Waals surface area contributed by atoms with Gasteiger partial charge in [0.25, 0.3) is 0 Å². The summed E-state index contributed by atoms with van der Waals surface area (Å²) in [5.41, 5.74) is 2.50. The lowest BCUT2D eigenvalue weighted by Gasteiger charge is -2.27. The van der Waals surface area contributed by atoms with E-state index in [2.05, 4.69) is 0 Å². The van der Waals surface area contributed by atoms with Crippen molar-refractivity contribution in [2.75, 3.05) is 4.90 Å². The van der Waals surface area contributed by atoms with Gasteiger partial charge in [-0.3, -0.25) is 0 Å². The molecule has 3 rings (SSSR count). The average molecular weight is 658 g/mol. The third-order valence-corrected chi connectivity index (χ3v) is 11.3. The van der Waals surface area contributed by atoms with E-state index in [1.165, 1.54) is 0 Å². The van der Waals surface area contributed by atoms with Gasteiger partial charge < -0.3 is 4.90 Å². The highest BCUT2D eigenvalue weighted by atomic mass is 36.2. The van der Waals surface area contributed by atoms with E-state index < -0.39 is 23.0 Å². The SMILES string of the molecule is ClS(Cl)(Cl)c1ccc(N(c2ccc(S(Cl)(Cl)Cl)cc2)c2ccc(S(Cl)(Cl)Cl)cc2)cc1. The normalized spacial score (nSPS) is 14.2. The molecule has 0 spiro atoms. The molecule has 0 heterocycles. The zero-order valence-electron chi connectivity index (χ0n) is 15.0. The maximum atomic E-state index is 6.07. The summed E-state index contributed by atoms with van der Waals surface area (Å²) in [5, 5.41) is 0. The van der Waals surface area contributed by atoms with Crippen LogP contribution in [0.5, 0.6) is 0 Å². The van der Waals surface area contributed by atoms with Crippen LogP contribution in [0.25, 0.3) is 0 Å². The second kappa shape index (κ2) is 10.4. The van der Waals surface area contributed by atoms with Crippen molar-refractivity contribution < 1.29 is 0 Å². The summed E-state index contributed by atoms with van der Waals surface area (Å²) >= 11 is 0. The lowest BCUT2D eigenvalue weighted by atomic mass is 10.2. The third kappa shape index (κ3) is 7.06. The van der Waals surface area contributed by atoms with Crippen LogP contribution in [0, 0.1) is 0 Å². The highest BCUT2D eigenvalue weighted by Crippen LogP contribution is 2.71. The van der Waals surface area contributed by atoms with Gasteiger partial charge in [-0.25, -0.2) is 0 Å². The first kappa shape index (κ1) is 26.7. The van der Waals surface area contributed by atoms with Crippen molar-refractivity contribution >= 4 is 136 Å². The van der Waals surface area contributed by atoms with Gasteiger partial charge in [-0.1, -0.05) is 0 Å². The van der Waals surface area contributed by atoms with E-state index in [1.807, 2.05) is 41.3 Å². The Balaban J connectivity index is 2.08. The molecule has 0 N–H and O–H groups in total. The predicted octanol–water partition coefficient (Wildman–Crippen LogP) is 13.0. The van der Waals surface area contributed by atoms with Gasteiger partial charge in [0.05, 0.1) is 0 Å². The van der Waals surface area contributed by atoms with Crippen LogP contribution in [0.2, 0.25) is 0 Å². The lowest BCUT2D eigenvalue weighted by Crippen LogP contribution is -2.10. The minimum Gasteiger partial charge on any atom is -0.311 e. The Bertz CT molecular complexity index is 889. The van der Waals surface area contributed by atoms with Gasteiger partial charge in [0.2, 0.25) is 0 Å².